The number of para-hydroxylation sites is 1. The number of hydrogen-bond donors (Lipinski definition) is 1. The number of nitrogens with one attached hydrogen (secondary N) is 1. The molecule has 1 amide bonds. The van der Waals surface area contributed by atoms with Crippen LogP contribution in [-0.4, -0.2) is 17.7 Å². The van der Waals surface area contributed by atoms with Crippen LogP contribution < -0.4 is 10.2 Å². The lowest BCUT2D eigenvalue weighted by molar-refractivity contribution is -0.118. The predicted octanol–water partition coefficient (Wildman–Crippen LogP) is 5.69. The minimum atomic E-state index is 0.220. The number of rotatable bonds is 5. The van der Waals surface area contributed by atoms with E-state index in [1.165, 1.54) is 4.90 Å². The number of hydrogen-bond acceptors (Lipinski definition) is 3. The highest BCUT2D eigenvalue weighted by Crippen LogP contribution is 2.38. The zero-order chi connectivity index (χ0) is 17.8. The van der Waals surface area contributed by atoms with Crippen LogP contribution in [0.2, 0.25) is 0 Å². The molecule has 0 fully saturated rings. The smallest absolute Gasteiger partial charge is 0.228 e. The van der Waals surface area contributed by atoms with Crippen molar-refractivity contribution in [1.82, 2.24) is 0 Å². The number of benzene rings is 2. The molecule has 0 radical (unpaired) electrons. The van der Waals surface area contributed by atoms with Crippen LogP contribution >= 0.6 is 11.8 Å². The second-order valence-electron chi connectivity index (χ2n) is 7.01. The third kappa shape index (κ3) is 4.37. The normalized spacial score (nSPS) is 15.7. The molecule has 1 aliphatic heterocycles. The number of nitrogens with zero attached hydrogens (tertiary/aromatic N) is 1. The molecule has 1 N–H and O–H groups in total. The molecule has 3 rings (SSSR count). The largest absolute Gasteiger partial charge is 0.355 e. The quantitative estimate of drug-likeness (QED) is 0.748. The van der Waals surface area contributed by atoms with Gasteiger partial charge in [0.2, 0.25) is 5.91 Å². The molecular weight excluding hydrogens is 328 g/mol. The van der Waals surface area contributed by atoms with Crippen LogP contribution in [0.3, 0.4) is 0 Å². The maximum atomic E-state index is 12.7. The molecule has 1 unspecified atom stereocenters. The third-order valence-corrected chi connectivity index (χ3v) is 5.42. The fourth-order valence-corrected chi connectivity index (χ4v) is 4.39. The van der Waals surface area contributed by atoms with Crippen molar-refractivity contribution < 1.29 is 4.79 Å². The van der Waals surface area contributed by atoms with Crippen LogP contribution in [0.4, 0.5) is 17.1 Å². The molecule has 0 spiro atoms. The Morgan fingerprint density at radius 3 is 2.56 bits per heavy atom. The third-order valence-electron chi connectivity index (χ3n) is 4.38. The Hall–Kier alpha value is -1.94. The fourth-order valence-electron chi connectivity index (χ4n) is 3.37. The minimum absolute atomic E-state index is 0.220. The summed E-state index contributed by atoms with van der Waals surface area (Å²) in [5.41, 5.74) is 3.18. The van der Waals surface area contributed by atoms with Gasteiger partial charge >= 0.3 is 0 Å². The summed E-state index contributed by atoms with van der Waals surface area (Å²) in [7, 11) is 0. The second-order valence-corrected chi connectivity index (χ2v) is 8.15. The molecule has 0 aliphatic carbocycles. The van der Waals surface area contributed by atoms with Crippen molar-refractivity contribution in [2.45, 2.75) is 44.6 Å². The number of fused-ring (bicyclic) bond motifs is 1. The SMILES string of the molecule is CC(C)CC(C)N1C(=O)CCSc2cc(Nc3ccccc3)ccc21. The van der Waals surface area contributed by atoms with E-state index in [0.29, 0.717) is 12.3 Å². The van der Waals surface area contributed by atoms with E-state index in [0.717, 1.165) is 29.2 Å². The van der Waals surface area contributed by atoms with E-state index >= 15 is 0 Å². The van der Waals surface area contributed by atoms with Crippen molar-refractivity contribution in [2.24, 2.45) is 5.92 Å². The predicted molar refractivity (Wildman–Crippen MR) is 108 cm³/mol. The van der Waals surface area contributed by atoms with E-state index in [1.54, 1.807) is 11.8 Å². The molecule has 1 aliphatic rings. The Morgan fingerprint density at radius 2 is 1.84 bits per heavy atom. The second kappa shape index (κ2) is 7.96. The highest BCUT2D eigenvalue weighted by molar-refractivity contribution is 7.99. The zero-order valence-corrected chi connectivity index (χ0v) is 16.0. The van der Waals surface area contributed by atoms with Crippen molar-refractivity contribution in [3.8, 4) is 0 Å². The summed E-state index contributed by atoms with van der Waals surface area (Å²) >= 11 is 1.78. The topological polar surface area (TPSA) is 32.3 Å². The van der Waals surface area contributed by atoms with E-state index in [9.17, 15) is 4.79 Å². The Balaban J connectivity index is 1.89. The van der Waals surface area contributed by atoms with Crippen molar-refractivity contribution in [2.75, 3.05) is 16.0 Å². The summed E-state index contributed by atoms with van der Waals surface area (Å²) in [6.45, 7) is 6.58. The molecule has 132 valence electrons. The standard InChI is InChI=1S/C21H26N2OS/c1-15(2)13-16(3)23-19-10-9-18(22-17-7-5-4-6-8-17)14-20(19)25-12-11-21(23)24/h4-10,14-16,22H,11-13H2,1-3H3. The van der Waals surface area contributed by atoms with E-state index in [1.807, 2.05) is 23.1 Å². The van der Waals surface area contributed by atoms with Gasteiger partial charge in [0, 0.05) is 34.5 Å². The Bertz CT molecular complexity index is 730. The number of carbonyl (C=O) groups excluding carboxylic acids is 1. The Morgan fingerprint density at radius 1 is 1.08 bits per heavy atom. The highest BCUT2D eigenvalue weighted by Gasteiger charge is 2.27. The zero-order valence-electron chi connectivity index (χ0n) is 15.2. The van der Waals surface area contributed by atoms with E-state index in [-0.39, 0.29) is 11.9 Å². The molecular formula is C21H26N2OS. The van der Waals surface area contributed by atoms with Gasteiger partial charge in [0.1, 0.15) is 0 Å². The monoisotopic (exact) mass is 354 g/mol. The number of thioether (sulfide) groups is 1. The highest BCUT2D eigenvalue weighted by atomic mass is 32.2. The van der Waals surface area contributed by atoms with E-state index in [4.69, 9.17) is 0 Å². The van der Waals surface area contributed by atoms with Gasteiger partial charge in [0.25, 0.3) is 0 Å². The minimum Gasteiger partial charge on any atom is -0.355 e. The van der Waals surface area contributed by atoms with Gasteiger partial charge < -0.3 is 10.2 Å². The van der Waals surface area contributed by atoms with Crippen molar-refractivity contribution >= 4 is 34.7 Å². The lowest BCUT2D eigenvalue weighted by Gasteiger charge is -2.30. The fraction of sp³-hybridized carbons (Fsp3) is 0.381. The average Bonchev–Trinajstić information content (AvgIpc) is 2.73. The molecule has 0 saturated carbocycles. The molecule has 1 atom stereocenters. The summed E-state index contributed by atoms with van der Waals surface area (Å²) < 4.78 is 0. The van der Waals surface area contributed by atoms with Gasteiger partial charge in [0.05, 0.1) is 5.69 Å². The molecule has 0 saturated heterocycles. The lowest BCUT2D eigenvalue weighted by Crippen LogP contribution is -2.39. The first-order valence-electron chi connectivity index (χ1n) is 8.95. The first-order valence-corrected chi connectivity index (χ1v) is 9.94. The number of amides is 1. The maximum Gasteiger partial charge on any atom is 0.228 e. The molecule has 2 aromatic carbocycles. The van der Waals surface area contributed by atoms with Crippen LogP contribution in [-0.2, 0) is 4.79 Å². The van der Waals surface area contributed by atoms with Crippen LogP contribution in [0, 0.1) is 5.92 Å². The van der Waals surface area contributed by atoms with Crippen molar-refractivity contribution in [3.05, 3.63) is 48.5 Å². The Labute approximate surface area is 154 Å². The van der Waals surface area contributed by atoms with Gasteiger partial charge in [-0.15, -0.1) is 11.8 Å². The molecule has 1 heterocycles. The summed E-state index contributed by atoms with van der Waals surface area (Å²) in [4.78, 5) is 15.9. The molecule has 25 heavy (non-hydrogen) atoms. The van der Waals surface area contributed by atoms with E-state index in [2.05, 4.69) is 56.4 Å². The molecule has 0 bridgehead atoms. The lowest BCUT2D eigenvalue weighted by atomic mass is 10.0. The van der Waals surface area contributed by atoms with E-state index < -0.39 is 0 Å². The van der Waals surface area contributed by atoms with Gasteiger partial charge in [0.15, 0.2) is 0 Å². The average molecular weight is 355 g/mol. The first kappa shape index (κ1) is 17.9. The summed E-state index contributed by atoms with van der Waals surface area (Å²) in [6.07, 6.45) is 1.61. The van der Waals surface area contributed by atoms with Gasteiger partial charge in [-0.1, -0.05) is 32.0 Å². The van der Waals surface area contributed by atoms with Gasteiger partial charge in [-0.3, -0.25) is 4.79 Å². The van der Waals surface area contributed by atoms with Crippen LogP contribution in [0.15, 0.2) is 53.4 Å². The molecule has 2 aromatic rings. The summed E-state index contributed by atoms with van der Waals surface area (Å²) in [6, 6.07) is 16.7. The van der Waals surface area contributed by atoms with Crippen LogP contribution in [0.1, 0.15) is 33.6 Å². The van der Waals surface area contributed by atoms with Crippen LogP contribution in [0.25, 0.3) is 0 Å². The Kier molecular flexibility index (Phi) is 5.69. The molecule has 4 heteroatoms. The van der Waals surface area contributed by atoms with Crippen LogP contribution in [0.5, 0.6) is 0 Å². The summed E-state index contributed by atoms with van der Waals surface area (Å²) in [5, 5.41) is 3.45. The maximum absolute atomic E-state index is 12.7. The van der Waals surface area contributed by atoms with Gasteiger partial charge in [-0.25, -0.2) is 0 Å². The number of carbonyl (C=O) groups is 1. The van der Waals surface area contributed by atoms with Gasteiger partial charge in [-0.2, -0.15) is 0 Å². The number of anilines is 3. The van der Waals surface area contributed by atoms with Gasteiger partial charge in [-0.05, 0) is 49.6 Å². The molecule has 0 aromatic heterocycles. The van der Waals surface area contributed by atoms with Crippen molar-refractivity contribution in [1.29, 1.82) is 0 Å². The van der Waals surface area contributed by atoms with Crippen molar-refractivity contribution in [3.63, 3.8) is 0 Å². The first-order chi connectivity index (χ1) is 12.0. The summed E-state index contributed by atoms with van der Waals surface area (Å²) in [5.74, 6) is 1.65. The molecule has 3 nitrogen and oxygen atoms in total.